The lowest BCUT2D eigenvalue weighted by molar-refractivity contribution is -0.121. The monoisotopic (exact) mass is 213 g/mol. The Balaban J connectivity index is 3.20. The minimum Gasteiger partial charge on any atom is -0.354 e. The van der Waals surface area contributed by atoms with Crippen molar-refractivity contribution in [3.05, 3.63) is 0 Å². The van der Waals surface area contributed by atoms with E-state index in [9.17, 15) is 4.79 Å². The molecule has 0 aliphatic rings. The lowest BCUT2D eigenvalue weighted by Gasteiger charge is -2.08. The lowest BCUT2D eigenvalue weighted by atomic mass is 10.0. The maximum Gasteiger partial charge on any atom is 0.220 e. The minimum absolute atomic E-state index is 0.203. The molecular weight excluding hydrogens is 186 g/mol. The molecule has 0 aromatic heterocycles. The van der Waals surface area contributed by atoms with Gasteiger partial charge in [0.15, 0.2) is 0 Å². The van der Waals surface area contributed by atoms with Gasteiger partial charge in [0.05, 0.1) is 0 Å². The van der Waals surface area contributed by atoms with E-state index in [1.165, 1.54) is 25.7 Å². The average Bonchev–Trinajstić information content (AvgIpc) is 2.09. The van der Waals surface area contributed by atoms with Gasteiger partial charge in [0.1, 0.15) is 0 Å². The van der Waals surface area contributed by atoms with Crippen molar-refractivity contribution >= 4 is 5.91 Å². The Morgan fingerprint density at radius 2 is 1.60 bits per heavy atom. The quantitative estimate of drug-likeness (QED) is 0.614. The molecule has 0 bridgehead atoms. The molecule has 90 valence electrons. The van der Waals surface area contributed by atoms with Crippen LogP contribution in [-0.2, 0) is 4.79 Å². The Kier molecular flexibility index (Phi) is 8.44. The SMILES string of the molecule is CC(C)CCCCCCC(=O)NC(C)C. The maximum atomic E-state index is 11.3. The predicted molar refractivity (Wildman–Crippen MR) is 65.8 cm³/mol. The molecule has 0 saturated heterocycles. The summed E-state index contributed by atoms with van der Waals surface area (Å²) in [5, 5.41) is 2.91. The van der Waals surface area contributed by atoms with Crippen LogP contribution in [0.3, 0.4) is 0 Å². The highest BCUT2D eigenvalue weighted by Gasteiger charge is 2.02. The normalized spacial score (nSPS) is 11.1. The Morgan fingerprint density at radius 1 is 1.00 bits per heavy atom. The summed E-state index contributed by atoms with van der Waals surface area (Å²) in [6.07, 6.45) is 6.82. The summed E-state index contributed by atoms with van der Waals surface area (Å²) in [7, 11) is 0. The molecular formula is C13H27NO. The molecule has 0 spiro atoms. The summed E-state index contributed by atoms with van der Waals surface area (Å²) in [4.78, 5) is 11.3. The maximum absolute atomic E-state index is 11.3. The number of amides is 1. The summed E-state index contributed by atoms with van der Waals surface area (Å²) >= 11 is 0. The molecule has 0 unspecified atom stereocenters. The number of hydrogen-bond donors (Lipinski definition) is 1. The molecule has 2 nitrogen and oxygen atoms in total. The Bertz CT molecular complexity index is 164. The molecule has 0 aliphatic heterocycles. The molecule has 0 atom stereocenters. The van der Waals surface area contributed by atoms with Crippen LogP contribution in [-0.4, -0.2) is 11.9 Å². The summed E-state index contributed by atoms with van der Waals surface area (Å²) < 4.78 is 0. The fraction of sp³-hybridized carbons (Fsp3) is 0.923. The number of carbonyl (C=O) groups is 1. The van der Waals surface area contributed by atoms with E-state index in [4.69, 9.17) is 0 Å². The van der Waals surface area contributed by atoms with Crippen molar-refractivity contribution in [2.45, 2.75) is 72.3 Å². The number of nitrogens with one attached hydrogen (secondary N) is 1. The van der Waals surface area contributed by atoms with Crippen molar-refractivity contribution in [2.75, 3.05) is 0 Å². The third-order valence-corrected chi connectivity index (χ3v) is 2.38. The van der Waals surface area contributed by atoms with Gasteiger partial charge in [-0.25, -0.2) is 0 Å². The van der Waals surface area contributed by atoms with Crippen molar-refractivity contribution in [3.63, 3.8) is 0 Å². The first-order valence-electron chi connectivity index (χ1n) is 6.31. The first-order chi connectivity index (χ1) is 7.02. The molecule has 0 saturated carbocycles. The zero-order chi connectivity index (χ0) is 11.7. The van der Waals surface area contributed by atoms with Crippen LogP contribution in [0.4, 0.5) is 0 Å². The molecule has 1 N–H and O–H groups in total. The van der Waals surface area contributed by atoms with Gasteiger partial charge in [-0.3, -0.25) is 4.79 Å². The standard InChI is InChI=1S/C13H27NO/c1-11(2)9-7-5-6-8-10-13(15)14-12(3)4/h11-12H,5-10H2,1-4H3,(H,14,15). The van der Waals surface area contributed by atoms with Crippen molar-refractivity contribution in [3.8, 4) is 0 Å². The van der Waals surface area contributed by atoms with Crippen LogP contribution in [0.1, 0.15) is 66.2 Å². The van der Waals surface area contributed by atoms with Crippen molar-refractivity contribution in [2.24, 2.45) is 5.92 Å². The van der Waals surface area contributed by atoms with Crippen LogP contribution in [0, 0.1) is 5.92 Å². The van der Waals surface area contributed by atoms with Gasteiger partial charge in [0.2, 0.25) is 5.91 Å². The molecule has 2 heteroatoms. The number of rotatable bonds is 8. The summed E-state index contributed by atoms with van der Waals surface area (Å²) in [5.41, 5.74) is 0. The van der Waals surface area contributed by atoms with Gasteiger partial charge in [-0.15, -0.1) is 0 Å². The zero-order valence-corrected chi connectivity index (χ0v) is 10.8. The fourth-order valence-electron chi connectivity index (χ4n) is 1.59. The van der Waals surface area contributed by atoms with Gasteiger partial charge < -0.3 is 5.32 Å². The van der Waals surface area contributed by atoms with Gasteiger partial charge >= 0.3 is 0 Å². The fourth-order valence-corrected chi connectivity index (χ4v) is 1.59. The second-order valence-electron chi connectivity index (χ2n) is 5.07. The number of carbonyl (C=O) groups excluding carboxylic acids is 1. The third kappa shape index (κ3) is 11.4. The van der Waals surface area contributed by atoms with E-state index in [2.05, 4.69) is 19.2 Å². The highest BCUT2D eigenvalue weighted by molar-refractivity contribution is 5.76. The Hall–Kier alpha value is -0.530. The first kappa shape index (κ1) is 14.5. The summed E-state index contributed by atoms with van der Waals surface area (Å²) in [6.45, 7) is 8.52. The van der Waals surface area contributed by atoms with Crippen molar-refractivity contribution in [1.29, 1.82) is 0 Å². The second-order valence-corrected chi connectivity index (χ2v) is 5.07. The molecule has 0 aromatic rings. The van der Waals surface area contributed by atoms with Crippen LogP contribution >= 0.6 is 0 Å². The smallest absolute Gasteiger partial charge is 0.220 e. The van der Waals surface area contributed by atoms with Crippen LogP contribution in [0.5, 0.6) is 0 Å². The van der Waals surface area contributed by atoms with Crippen LogP contribution in [0.15, 0.2) is 0 Å². The predicted octanol–water partition coefficient (Wildman–Crippen LogP) is 3.51. The summed E-state index contributed by atoms with van der Waals surface area (Å²) in [6, 6.07) is 0.276. The molecule has 1 amide bonds. The Morgan fingerprint density at radius 3 is 2.13 bits per heavy atom. The molecule has 0 aromatic carbocycles. The average molecular weight is 213 g/mol. The van der Waals surface area contributed by atoms with E-state index in [1.807, 2.05) is 13.8 Å². The number of unbranched alkanes of at least 4 members (excludes halogenated alkanes) is 3. The van der Waals surface area contributed by atoms with Crippen molar-refractivity contribution in [1.82, 2.24) is 5.32 Å². The molecule has 0 rings (SSSR count). The molecule has 0 fully saturated rings. The van der Waals surface area contributed by atoms with Crippen molar-refractivity contribution < 1.29 is 4.79 Å². The second kappa shape index (κ2) is 8.75. The van der Waals surface area contributed by atoms with Gasteiger partial charge in [-0.1, -0.05) is 39.5 Å². The number of hydrogen-bond acceptors (Lipinski definition) is 1. The van der Waals surface area contributed by atoms with E-state index in [-0.39, 0.29) is 11.9 Å². The van der Waals surface area contributed by atoms with Gasteiger partial charge in [0, 0.05) is 12.5 Å². The highest BCUT2D eigenvalue weighted by Crippen LogP contribution is 2.10. The van der Waals surface area contributed by atoms with Gasteiger partial charge in [0.25, 0.3) is 0 Å². The van der Waals surface area contributed by atoms with Gasteiger partial charge in [-0.05, 0) is 26.2 Å². The largest absolute Gasteiger partial charge is 0.354 e. The van der Waals surface area contributed by atoms with E-state index in [0.29, 0.717) is 6.42 Å². The molecule has 0 heterocycles. The van der Waals surface area contributed by atoms with E-state index in [1.54, 1.807) is 0 Å². The van der Waals surface area contributed by atoms with Gasteiger partial charge in [-0.2, -0.15) is 0 Å². The van der Waals surface area contributed by atoms with Crippen LogP contribution in [0.25, 0.3) is 0 Å². The topological polar surface area (TPSA) is 29.1 Å². The Labute approximate surface area is 94.8 Å². The minimum atomic E-state index is 0.203. The van der Waals surface area contributed by atoms with Crippen LogP contribution < -0.4 is 5.32 Å². The van der Waals surface area contributed by atoms with E-state index in [0.717, 1.165) is 12.3 Å². The molecule has 0 radical (unpaired) electrons. The van der Waals surface area contributed by atoms with Crippen LogP contribution in [0.2, 0.25) is 0 Å². The lowest BCUT2D eigenvalue weighted by Crippen LogP contribution is -2.29. The first-order valence-corrected chi connectivity index (χ1v) is 6.31. The van der Waals surface area contributed by atoms with E-state index >= 15 is 0 Å². The van der Waals surface area contributed by atoms with E-state index < -0.39 is 0 Å². The summed E-state index contributed by atoms with van der Waals surface area (Å²) in [5.74, 6) is 1.02. The third-order valence-electron chi connectivity index (χ3n) is 2.38. The highest BCUT2D eigenvalue weighted by atomic mass is 16.1. The molecule has 15 heavy (non-hydrogen) atoms. The molecule has 0 aliphatic carbocycles. The zero-order valence-electron chi connectivity index (χ0n) is 10.8.